The van der Waals surface area contributed by atoms with Crippen LogP contribution in [-0.4, -0.2) is 75.2 Å². The van der Waals surface area contributed by atoms with E-state index >= 15 is 0 Å². The first-order valence-corrected chi connectivity index (χ1v) is 5.88. The second-order valence-corrected chi connectivity index (χ2v) is 4.33. The minimum Gasteiger partial charge on any atom is -0.465 e. The molecule has 1 N–H and O–H groups in total. The number of rotatable bonds is 5. The van der Waals surface area contributed by atoms with Crippen molar-refractivity contribution in [2.75, 3.05) is 53.4 Å². The minimum atomic E-state index is -0.172. The maximum absolute atomic E-state index is 11.1. The molecule has 0 aromatic carbocycles. The fourth-order valence-electron chi connectivity index (χ4n) is 1.87. The highest BCUT2D eigenvalue weighted by Gasteiger charge is 2.21. The third-order valence-electron chi connectivity index (χ3n) is 2.93. The average Bonchev–Trinajstić information content (AvgIpc) is 2.23. The predicted octanol–water partition coefficient (Wildman–Crippen LogP) is -0.615. The summed E-state index contributed by atoms with van der Waals surface area (Å²) >= 11 is 0. The van der Waals surface area contributed by atoms with Crippen LogP contribution in [-0.2, 0) is 9.53 Å². The van der Waals surface area contributed by atoms with Gasteiger partial charge in [-0.2, -0.15) is 0 Å². The molecular weight excluding hydrogens is 206 g/mol. The molecule has 1 saturated heterocycles. The van der Waals surface area contributed by atoms with Gasteiger partial charge in [-0.05, 0) is 21.0 Å². The fourth-order valence-corrected chi connectivity index (χ4v) is 1.87. The average molecular weight is 229 g/mol. The van der Waals surface area contributed by atoms with E-state index in [2.05, 4.69) is 29.2 Å². The second kappa shape index (κ2) is 6.83. The number of carbonyl (C=O) groups excluding carboxylic acids is 1. The standard InChI is InChI=1S/C11H23N3O2/c1-4-16-11(15)8-12-7-10-9-13(2)5-6-14(10)3/h10,12H,4-9H2,1-3H3. The van der Waals surface area contributed by atoms with Crippen molar-refractivity contribution >= 4 is 5.97 Å². The van der Waals surface area contributed by atoms with Crippen LogP contribution in [0.3, 0.4) is 0 Å². The van der Waals surface area contributed by atoms with Crippen LogP contribution in [0.5, 0.6) is 0 Å². The molecule has 0 saturated carbocycles. The molecule has 94 valence electrons. The Bertz CT molecular complexity index is 223. The van der Waals surface area contributed by atoms with Gasteiger partial charge in [0.15, 0.2) is 0 Å². The minimum absolute atomic E-state index is 0.172. The van der Waals surface area contributed by atoms with Gasteiger partial charge in [-0.1, -0.05) is 0 Å². The molecule has 1 aliphatic rings. The Hall–Kier alpha value is -0.650. The second-order valence-electron chi connectivity index (χ2n) is 4.33. The highest BCUT2D eigenvalue weighted by atomic mass is 16.5. The molecule has 1 atom stereocenters. The zero-order chi connectivity index (χ0) is 12.0. The summed E-state index contributed by atoms with van der Waals surface area (Å²) in [5, 5.41) is 3.15. The van der Waals surface area contributed by atoms with Gasteiger partial charge in [-0.3, -0.25) is 9.69 Å². The van der Waals surface area contributed by atoms with Gasteiger partial charge < -0.3 is 15.0 Å². The fraction of sp³-hybridized carbons (Fsp3) is 0.909. The lowest BCUT2D eigenvalue weighted by Crippen LogP contribution is -2.54. The molecule has 0 aromatic rings. The SMILES string of the molecule is CCOC(=O)CNCC1CN(C)CCN1C. The largest absolute Gasteiger partial charge is 0.465 e. The zero-order valence-corrected chi connectivity index (χ0v) is 10.5. The van der Waals surface area contributed by atoms with Crippen molar-refractivity contribution in [3.63, 3.8) is 0 Å². The zero-order valence-electron chi connectivity index (χ0n) is 10.5. The lowest BCUT2D eigenvalue weighted by Gasteiger charge is -2.37. The Labute approximate surface area is 97.7 Å². The Morgan fingerprint density at radius 3 is 2.88 bits per heavy atom. The third-order valence-corrected chi connectivity index (χ3v) is 2.93. The number of ether oxygens (including phenoxy) is 1. The van der Waals surface area contributed by atoms with Crippen LogP contribution in [0, 0.1) is 0 Å². The van der Waals surface area contributed by atoms with E-state index in [-0.39, 0.29) is 5.97 Å². The summed E-state index contributed by atoms with van der Waals surface area (Å²) < 4.78 is 4.85. The van der Waals surface area contributed by atoms with Crippen molar-refractivity contribution in [1.29, 1.82) is 0 Å². The highest BCUT2D eigenvalue weighted by Crippen LogP contribution is 2.04. The normalized spacial score (nSPS) is 23.3. The van der Waals surface area contributed by atoms with E-state index in [4.69, 9.17) is 4.74 Å². The highest BCUT2D eigenvalue weighted by molar-refractivity contribution is 5.71. The van der Waals surface area contributed by atoms with Gasteiger partial charge in [0.1, 0.15) is 0 Å². The van der Waals surface area contributed by atoms with Gasteiger partial charge >= 0.3 is 5.97 Å². The van der Waals surface area contributed by atoms with Crippen molar-refractivity contribution in [1.82, 2.24) is 15.1 Å². The number of likely N-dealkylation sites (N-methyl/N-ethyl adjacent to an activating group) is 2. The molecule has 1 unspecified atom stereocenters. The molecule has 1 fully saturated rings. The van der Waals surface area contributed by atoms with Crippen molar-refractivity contribution in [2.24, 2.45) is 0 Å². The van der Waals surface area contributed by atoms with Gasteiger partial charge in [0.2, 0.25) is 0 Å². The molecular formula is C11H23N3O2. The molecule has 0 spiro atoms. The molecule has 0 aromatic heterocycles. The number of hydrogen-bond acceptors (Lipinski definition) is 5. The number of carbonyl (C=O) groups is 1. The monoisotopic (exact) mass is 229 g/mol. The van der Waals surface area contributed by atoms with Crippen molar-refractivity contribution in [3.05, 3.63) is 0 Å². The van der Waals surface area contributed by atoms with E-state index in [0.717, 1.165) is 26.2 Å². The van der Waals surface area contributed by atoms with Crippen LogP contribution >= 0.6 is 0 Å². The molecule has 5 heteroatoms. The maximum Gasteiger partial charge on any atom is 0.319 e. The lowest BCUT2D eigenvalue weighted by molar-refractivity contribution is -0.142. The van der Waals surface area contributed by atoms with Crippen LogP contribution < -0.4 is 5.32 Å². The summed E-state index contributed by atoms with van der Waals surface area (Å²) in [7, 11) is 4.26. The van der Waals surface area contributed by atoms with Crippen LogP contribution in [0.2, 0.25) is 0 Å². The topological polar surface area (TPSA) is 44.8 Å². The molecule has 0 amide bonds. The molecule has 0 aliphatic carbocycles. The van der Waals surface area contributed by atoms with E-state index in [1.165, 1.54) is 0 Å². The van der Waals surface area contributed by atoms with E-state index in [1.54, 1.807) is 0 Å². The van der Waals surface area contributed by atoms with Gasteiger partial charge in [-0.15, -0.1) is 0 Å². The summed E-state index contributed by atoms with van der Waals surface area (Å²) in [6.07, 6.45) is 0. The summed E-state index contributed by atoms with van der Waals surface area (Å²) in [6.45, 7) is 6.66. The summed E-state index contributed by atoms with van der Waals surface area (Å²) in [5.74, 6) is -0.172. The number of piperazine rings is 1. The predicted molar refractivity (Wildman–Crippen MR) is 63.4 cm³/mol. The van der Waals surface area contributed by atoms with Crippen molar-refractivity contribution in [2.45, 2.75) is 13.0 Å². The number of nitrogens with zero attached hydrogens (tertiary/aromatic N) is 2. The molecule has 0 radical (unpaired) electrons. The lowest BCUT2D eigenvalue weighted by atomic mass is 10.2. The van der Waals surface area contributed by atoms with Crippen LogP contribution in [0.1, 0.15) is 6.92 Å². The molecule has 1 rings (SSSR count). The van der Waals surface area contributed by atoms with E-state index in [1.807, 2.05) is 6.92 Å². The number of hydrogen-bond donors (Lipinski definition) is 1. The Morgan fingerprint density at radius 2 is 2.19 bits per heavy atom. The smallest absolute Gasteiger partial charge is 0.319 e. The molecule has 5 nitrogen and oxygen atoms in total. The Balaban J connectivity index is 2.18. The summed E-state index contributed by atoms with van der Waals surface area (Å²) in [5.41, 5.74) is 0. The summed E-state index contributed by atoms with van der Waals surface area (Å²) in [4.78, 5) is 15.8. The van der Waals surface area contributed by atoms with Crippen LogP contribution in [0.25, 0.3) is 0 Å². The number of esters is 1. The van der Waals surface area contributed by atoms with E-state index in [0.29, 0.717) is 19.2 Å². The van der Waals surface area contributed by atoms with Crippen LogP contribution in [0.4, 0.5) is 0 Å². The van der Waals surface area contributed by atoms with Crippen molar-refractivity contribution in [3.8, 4) is 0 Å². The maximum atomic E-state index is 11.1. The van der Waals surface area contributed by atoms with Crippen LogP contribution in [0.15, 0.2) is 0 Å². The molecule has 1 heterocycles. The van der Waals surface area contributed by atoms with Gasteiger partial charge in [0.05, 0.1) is 13.2 Å². The first kappa shape index (κ1) is 13.4. The molecule has 1 aliphatic heterocycles. The van der Waals surface area contributed by atoms with Gasteiger partial charge in [-0.25, -0.2) is 0 Å². The molecule has 16 heavy (non-hydrogen) atoms. The Morgan fingerprint density at radius 1 is 1.44 bits per heavy atom. The quantitative estimate of drug-likeness (QED) is 0.637. The van der Waals surface area contributed by atoms with Crippen molar-refractivity contribution < 1.29 is 9.53 Å². The third kappa shape index (κ3) is 4.47. The van der Waals surface area contributed by atoms with Gasteiger partial charge in [0, 0.05) is 32.2 Å². The molecule has 0 bridgehead atoms. The first-order chi connectivity index (χ1) is 7.63. The first-order valence-electron chi connectivity index (χ1n) is 5.88. The summed E-state index contributed by atoms with van der Waals surface area (Å²) in [6, 6.07) is 0.480. The van der Waals surface area contributed by atoms with E-state index < -0.39 is 0 Å². The number of nitrogens with one attached hydrogen (secondary N) is 1. The van der Waals surface area contributed by atoms with Gasteiger partial charge in [0.25, 0.3) is 0 Å². The van der Waals surface area contributed by atoms with E-state index in [9.17, 15) is 4.79 Å². The Kier molecular flexibility index (Phi) is 5.73.